The molecular weight excluding hydrogens is 428 g/mol. The first kappa shape index (κ1) is 22.1. The molecule has 2 aromatic carbocycles. The standard InChI is InChI=1S/C24H26N2O5S/c1-31-24(28)19-11-13-25(14-12-19)23(27)16-26-15-22(20-9-5-6-10-21(20)26)32(29,30)17-18-7-3-2-4-8-18/h2-10,15,19H,11-14,16-17H2,1H3. The molecule has 0 aliphatic carbocycles. The van der Waals surface area contributed by atoms with Crippen molar-refractivity contribution in [2.75, 3.05) is 20.2 Å². The highest BCUT2D eigenvalue weighted by Gasteiger charge is 2.29. The molecule has 1 fully saturated rings. The van der Waals surface area contributed by atoms with E-state index in [0.717, 1.165) is 0 Å². The molecule has 4 rings (SSSR count). The van der Waals surface area contributed by atoms with Crippen molar-refractivity contribution < 1.29 is 22.7 Å². The number of para-hydroxylation sites is 1. The van der Waals surface area contributed by atoms with Gasteiger partial charge in [-0.1, -0.05) is 48.5 Å². The van der Waals surface area contributed by atoms with Crippen molar-refractivity contribution in [3.8, 4) is 0 Å². The minimum absolute atomic E-state index is 0.0459. The molecule has 32 heavy (non-hydrogen) atoms. The van der Waals surface area contributed by atoms with E-state index in [4.69, 9.17) is 4.74 Å². The highest BCUT2D eigenvalue weighted by molar-refractivity contribution is 7.90. The van der Waals surface area contributed by atoms with Crippen molar-refractivity contribution in [2.45, 2.75) is 30.0 Å². The lowest BCUT2D eigenvalue weighted by Gasteiger charge is -2.30. The number of carbonyl (C=O) groups excluding carboxylic acids is 2. The van der Waals surface area contributed by atoms with Gasteiger partial charge in [0.05, 0.1) is 23.7 Å². The fourth-order valence-electron chi connectivity index (χ4n) is 4.24. The topological polar surface area (TPSA) is 85.7 Å². The van der Waals surface area contributed by atoms with E-state index in [9.17, 15) is 18.0 Å². The van der Waals surface area contributed by atoms with Crippen LogP contribution >= 0.6 is 0 Å². The summed E-state index contributed by atoms with van der Waals surface area (Å²) in [5.74, 6) is -0.606. The van der Waals surface area contributed by atoms with Gasteiger partial charge < -0.3 is 14.2 Å². The lowest BCUT2D eigenvalue weighted by Crippen LogP contribution is -2.41. The normalized spacial score (nSPS) is 15.1. The first-order chi connectivity index (χ1) is 15.4. The minimum atomic E-state index is -3.60. The summed E-state index contributed by atoms with van der Waals surface area (Å²) in [6.07, 6.45) is 2.71. The molecule has 8 heteroatoms. The van der Waals surface area contributed by atoms with Gasteiger partial charge in [-0.15, -0.1) is 0 Å². The number of amides is 1. The van der Waals surface area contributed by atoms with Crippen molar-refractivity contribution in [1.82, 2.24) is 9.47 Å². The predicted molar refractivity (Wildman–Crippen MR) is 121 cm³/mol. The number of fused-ring (bicyclic) bond motifs is 1. The Balaban J connectivity index is 1.56. The molecule has 0 saturated carbocycles. The summed E-state index contributed by atoms with van der Waals surface area (Å²) in [5.41, 5.74) is 1.42. The Morgan fingerprint density at radius 2 is 1.66 bits per heavy atom. The molecule has 0 N–H and O–H groups in total. The summed E-state index contributed by atoms with van der Waals surface area (Å²) >= 11 is 0. The monoisotopic (exact) mass is 454 g/mol. The number of hydrogen-bond acceptors (Lipinski definition) is 5. The molecule has 2 heterocycles. The molecule has 168 valence electrons. The van der Waals surface area contributed by atoms with Gasteiger partial charge in [0.1, 0.15) is 6.54 Å². The van der Waals surface area contributed by atoms with Crippen LogP contribution in [0.2, 0.25) is 0 Å². The third kappa shape index (κ3) is 4.55. The number of likely N-dealkylation sites (tertiary alicyclic amines) is 1. The van der Waals surface area contributed by atoms with Gasteiger partial charge in [-0.25, -0.2) is 8.42 Å². The summed E-state index contributed by atoms with van der Waals surface area (Å²) in [6, 6.07) is 16.3. The number of piperidine rings is 1. The number of hydrogen-bond donors (Lipinski definition) is 0. The third-order valence-electron chi connectivity index (χ3n) is 5.97. The van der Waals surface area contributed by atoms with Crippen LogP contribution in [0.25, 0.3) is 10.9 Å². The number of rotatable bonds is 6. The van der Waals surface area contributed by atoms with E-state index >= 15 is 0 Å². The van der Waals surface area contributed by atoms with Gasteiger partial charge >= 0.3 is 5.97 Å². The molecule has 0 bridgehead atoms. The van der Waals surface area contributed by atoms with Crippen LogP contribution in [0.1, 0.15) is 18.4 Å². The van der Waals surface area contributed by atoms with Crippen molar-refractivity contribution in [3.63, 3.8) is 0 Å². The second kappa shape index (κ2) is 9.16. The van der Waals surface area contributed by atoms with E-state index in [1.807, 2.05) is 30.3 Å². The van der Waals surface area contributed by atoms with E-state index in [1.165, 1.54) is 7.11 Å². The first-order valence-electron chi connectivity index (χ1n) is 10.6. The number of esters is 1. The summed E-state index contributed by atoms with van der Waals surface area (Å²) in [4.78, 5) is 26.6. The van der Waals surface area contributed by atoms with E-state index in [1.54, 1.807) is 39.9 Å². The summed E-state index contributed by atoms with van der Waals surface area (Å²) in [7, 11) is -2.22. The third-order valence-corrected chi connectivity index (χ3v) is 7.68. The largest absolute Gasteiger partial charge is 0.469 e. The highest BCUT2D eigenvalue weighted by Crippen LogP contribution is 2.28. The van der Waals surface area contributed by atoms with Crippen LogP contribution in [-0.4, -0.2) is 50.0 Å². The Labute approximate surface area is 187 Å². The van der Waals surface area contributed by atoms with Gasteiger partial charge in [0.2, 0.25) is 5.91 Å². The summed E-state index contributed by atoms with van der Waals surface area (Å²) < 4.78 is 32.9. The van der Waals surface area contributed by atoms with E-state index in [-0.39, 0.29) is 35.0 Å². The number of carbonyl (C=O) groups is 2. The van der Waals surface area contributed by atoms with Gasteiger partial charge in [-0.2, -0.15) is 0 Å². The van der Waals surface area contributed by atoms with Gasteiger partial charge in [0.15, 0.2) is 9.84 Å². The number of benzene rings is 2. The average Bonchev–Trinajstić information content (AvgIpc) is 3.18. The second-order valence-electron chi connectivity index (χ2n) is 8.06. The molecule has 1 aromatic heterocycles. The Hall–Kier alpha value is -3.13. The molecule has 3 aromatic rings. The van der Waals surface area contributed by atoms with Crippen molar-refractivity contribution in [2.24, 2.45) is 5.92 Å². The average molecular weight is 455 g/mol. The molecule has 7 nitrogen and oxygen atoms in total. The predicted octanol–water partition coefficient (Wildman–Crippen LogP) is 3.03. The Morgan fingerprint density at radius 1 is 1.00 bits per heavy atom. The van der Waals surface area contributed by atoms with Crippen molar-refractivity contribution in [1.29, 1.82) is 0 Å². The zero-order valence-electron chi connectivity index (χ0n) is 17.9. The summed E-state index contributed by atoms with van der Waals surface area (Å²) in [6.45, 7) is 1.01. The molecule has 0 radical (unpaired) electrons. The van der Waals surface area contributed by atoms with Crippen LogP contribution in [0.15, 0.2) is 65.7 Å². The zero-order valence-corrected chi connectivity index (χ0v) is 18.8. The molecule has 0 unspecified atom stereocenters. The first-order valence-corrected chi connectivity index (χ1v) is 12.2. The Bertz CT molecular complexity index is 1230. The fourth-order valence-corrected chi connectivity index (χ4v) is 5.82. The molecule has 0 spiro atoms. The Kier molecular flexibility index (Phi) is 6.32. The minimum Gasteiger partial charge on any atom is -0.469 e. The maximum Gasteiger partial charge on any atom is 0.308 e. The van der Waals surface area contributed by atoms with Crippen LogP contribution in [0.3, 0.4) is 0 Å². The Morgan fingerprint density at radius 3 is 2.34 bits per heavy atom. The zero-order chi connectivity index (χ0) is 22.7. The maximum absolute atomic E-state index is 13.2. The van der Waals surface area contributed by atoms with Gasteiger partial charge in [-0.05, 0) is 24.5 Å². The van der Waals surface area contributed by atoms with E-state index in [0.29, 0.717) is 42.4 Å². The van der Waals surface area contributed by atoms with Crippen molar-refractivity contribution in [3.05, 3.63) is 66.4 Å². The molecule has 1 aliphatic rings. The van der Waals surface area contributed by atoms with Gasteiger partial charge in [0.25, 0.3) is 0 Å². The van der Waals surface area contributed by atoms with E-state index < -0.39 is 9.84 Å². The van der Waals surface area contributed by atoms with Crippen LogP contribution in [-0.2, 0) is 36.5 Å². The van der Waals surface area contributed by atoms with Crippen molar-refractivity contribution >= 4 is 32.6 Å². The SMILES string of the molecule is COC(=O)C1CCN(C(=O)Cn2cc(S(=O)(=O)Cc3ccccc3)c3ccccc32)CC1. The smallest absolute Gasteiger partial charge is 0.308 e. The second-order valence-corrected chi connectivity index (χ2v) is 10.0. The van der Waals surface area contributed by atoms with Gasteiger partial charge in [0, 0.05) is 30.2 Å². The molecule has 1 aliphatic heterocycles. The molecule has 0 atom stereocenters. The molecular formula is C24H26N2O5S. The number of sulfone groups is 1. The van der Waals surface area contributed by atoms with Crippen LogP contribution in [0.4, 0.5) is 0 Å². The van der Waals surface area contributed by atoms with Crippen LogP contribution < -0.4 is 0 Å². The highest BCUT2D eigenvalue weighted by atomic mass is 32.2. The fraction of sp³-hybridized carbons (Fsp3) is 0.333. The molecule has 1 amide bonds. The number of methoxy groups -OCH3 is 1. The van der Waals surface area contributed by atoms with E-state index in [2.05, 4.69) is 0 Å². The van der Waals surface area contributed by atoms with Crippen LogP contribution in [0.5, 0.6) is 0 Å². The lowest BCUT2D eigenvalue weighted by molar-refractivity contribution is -0.149. The van der Waals surface area contributed by atoms with Crippen LogP contribution in [0, 0.1) is 5.92 Å². The number of nitrogens with zero attached hydrogens (tertiary/aromatic N) is 2. The number of ether oxygens (including phenoxy) is 1. The lowest BCUT2D eigenvalue weighted by atomic mass is 9.97. The summed E-state index contributed by atoms with van der Waals surface area (Å²) in [5, 5.41) is 0.612. The number of aromatic nitrogens is 1. The maximum atomic E-state index is 13.2. The quantitative estimate of drug-likeness (QED) is 0.535. The molecule has 1 saturated heterocycles. The van der Waals surface area contributed by atoms with Gasteiger partial charge in [-0.3, -0.25) is 9.59 Å².